The van der Waals surface area contributed by atoms with Gasteiger partial charge in [-0.25, -0.2) is 0 Å². The standard InChI is InChI=1S/C40H66O5/c1-10-12-29(4)45-30(5)17-21-38(6)28(3)16-20-39(7)34-18-22-40(26-43-8)19-11-13-32(37(40)33(34)14-15-35(38)39)27(2)23-31(25-41)24-36(42)44-9/h12,25,28,30-31,33-35,37H,10-11,13-24,26H2,1-9H3/b29-12+,32-27+. The van der Waals surface area contributed by atoms with E-state index in [4.69, 9.17) is 14.2 Å². The molecule has 0 aromatic rings. The molecule has 0 heterocycles. The fraction of sp³-hybridized carbons (Fsp3) is 0.850. The van der Waals surface area contributed by atoms with Crippen LogP contribution in [0.15, 0.2) is 23.0 Å². The van der Waals surface area contributed by atoms with E-state index in [0.29, 0.717) is 29.1 Å². The van der Waals surface area contributed by atoms with E-state index in [1.165, 1.54) is 70.5 Å². The van der Waals surface area contributed by atoms with Gasteiger partial charge in [0.1, 0.15) is 6.29 Å². The molecule has 5 nitrogen and oxygen atoms in total. The van der Waals surface area contributed by atoms with Gasteiger partial charge in [0.25, 0.3) is 0 Å². The minimum Gasteiger partial charge on any atom is -0.496 e. The van der Waals surface area contributed by atoms with E-state index in [1.807, 2.05) is 7.11 Å². The molecule has 0 spiro atoms. The third-order valence-electron chi connectivity index (χ3n) is 13.9. The van der Waals surface area contributed by atoms with Gasteiger partial charge >= 0.3 is 5.97 Å². The van der Waals surface area contributed by atoms with Crippen molar-refractivity contribution in [3.05, 3.63) is 23.0 Å². The Hall–Kier alpha value is -1.62. The molecule has 4 saturated carbocycles. The minimum atomic E-state index is -0.315. The summed E-state index contributed by atoms with van der Waals surface area (Å²) < 4.78 is 17.3. The number of ether oxygens (including phenoxy) is 3. The molecule has 0 aliphatic heterocycles. The van der Waals surface area contributed by atoms with Crippen LogP contribution in [0.25, 0.3) is 0 Å². The van der Waals surface area contributed by atoms with Gasteiger partial charge in [0.15, 0.2) is 0 Å². The van der Waals surface area contributed by atoms with Gasteiger partial charge in [-0.15, -0.1) is 0 Å². The predicted octanol–water partition coefficient (Wildman–Crippen LogP) is 9.88. The van der Waals surface area contributed by atoms with Gasteiger partial charge in [0.2, 0.25) is 0 Å². The molecule has 0 radical (unpaired) electrons. The van der Waals surface area contributed by atoms with Gasteiger partial charge in [-0.05, 0) is 151 Å². The molecule has 0 N–H and O–H groups in total. The smallest absolute Gasteiger partial charge is 0.306 e. The average molecular weight is 627 g/mol. The highest BCUT2D eigenvalue weighted by atomic mass is 16.5. The number of esters is 1. The van der Waals surface area contributed by atoms with Crippen LogP contribution in [0, 0.1) is 51.8 Å². The normalized spacial score (nSPS) is 39.0. The molecule has 4 aliphatic rings. The Morgan fingerprint density at radius 2 is 1.80 bits per heavy atom. The molecule has 4 rings (SSSR count). The van der Waals surface area contributed by atoms with Gasteiger partial charge in [-0.2, -0.15) is 0 Å². The predicted molar refractivity (Wildman–Crippen MR) is 183 cm³/mol. The first-order valence-electron chi connectivity index (χ1n) is 18.4. The van der Waals surface area contributed by atoms with Crippen LogP contribution >= 0.6 is 0 Å². The van der Waals surface area contributed by atoms with Crippen molar-refractivity contribution < 1.29 is 23.8 Å². The van der Waals surface area contributed by atoms with Crippen LogP contribution in [0.1, 0.15) is 138 Å². The summed E-state index contributed by atoms with van der Waals surface area (Å²) in [6.45, 7) is 17.5. The van der Waals surface area contributed by atoms with Crippen molar-refractivity contribution in [1.29, 1.82) is 0 Å². The second-order valence-electron chi connectivity index (χ2n) is 16.4. The quantitative estimate of drug-likeness (QED) is 0.0881. The second kappa shape index (κ2) is 15.1. The maximum atomic E-state index is 12.1. The first kappa shape index (κ1) is 36.2. The molecule has 0 saturated heterocycles. The summed E-state index contributed by atoms with van der Waals surface area (Å²) in [5.41, 5.74) is 3.80. The van der Waals surface area contributed by atoms with Crippen LogP contribution in [0.3, 0.4) is 0 Å². The Balaban J connectivity index is 1.63. The molecule has 5 heteroatoms. The molecule has 0 aromatic heterocycles. The number of hydrogen-bond donors (Lipinski definition) is 0. The summed E-state index contributed by atoms with van der Waals surface area (Å²) in [5.74, 6) is 3.82. The van der Waals surface area contributed by atoms with E-state index >= 15 is 0 Å². The third-order valence-corrected chi connectivity index (χ3v) is 13.9. The van der Waals surface area contributed by atoms with Crippen LogP contribution < -0.4 is 0 Å². The van der Waals surface area contributed by atoms with E-state index in [1.54, 1.807) is 5.57 Å². The summed E-state index contributed by atoms with van der Waals surface area (Å²) in [6.07, 6.45) is 19.0. The van der Waals surface area contributed by atoms with Crippen molar-refractivity contribution in [3.63, 3.8) is 0 Å². The van der Waals surface area contributed by atoms with Crippen molar-refractivity contribution in [3.8, 4) is 0 Å². The maximum Gasteiger partial charge on any atom is 0.306 e. The van der Waals surface area contributed by atoms with Gasteiger partial charge in [-0.3, -0.25) is 4.79 Å². The first-order chi connectivity index (χ1) is 21.4. The lowest BCUT2D eigenvalue weighted by molar-refractivity contribution is -0.175. The van der Waals surface area contributed by atoms with E-state index in [9.17, 15) is 9.59 Å². The summed E-state index contributed by atoms with van der Waals surface area (Å²) >= 11 is 0. The summed E-state index contributed by atoms with van der Waals surface area (Å²) in [5, 5.41) is 0. The monoisotopic (exact) mass is 626 g/mol. The van der Waals surface area contributed by atoms with E-state index in [-0.39, 0.29) is 29.8 Å². The van der Waals surface area contributed by atoms with Crippen molar-refractivity contribution in [2.75, 3.05) is 20.8 Å². The number of hydrogen-bond acceptors (Lipinski definition) is 5. The SMILES string of the molecule is CC/C=C(\C)OC(C)CCC1(C)C(C)CCC2(C)C3CCC4(COC)CCC/C(=C(/C)CC(C=O)CC(=O)OC)C4C3CCC12. The minimum absolute atomic E-state index is 0.166. The largest absolute Gasteiger partial charge is 0.496 e. The fourth-order valence-corrected chi connectivity index (χ4v) is 11.6. The van der Waals surface area contributed by atoms with E-state index in [0.717, 1.165) is 55.7 Å². The zero-order valence-corrected chi connectivity index (χ0v) is 30.3. The Morgan fingerprint density at radius 3 is 2.47 bits per heavy atom. The van der Waals surface area contributed by atoms with Crippen LogP contribution in [-0.2, 0) is 23.8 Å². The molecule has 10 atom stereocenters. The Bertz CT molecular complexity index is 1090. The maximum absolute atomic E-state index is 12.1. The zero-order chi connectivity index (χ0) is 33.0. The second-order valence-corrected chi connectivity index (χ2v) is 16.4. The highest BCUT2D eigenvalue weighted by Gasteiger charge is 2.63. The molecular weight excluding hydrogens is 560 g/mol. The fourth-order valence-electron chi connectivity index (χ4n) is 11.6. The molecular formula is C40H66O5. The number of carbonyl (C=O) groups excluding carboxylic acids is 2. The molecule has 0 aromatic carbocycles. The van der Waals surface area contributed by atoms with Gasteiger partial charge in [0, 0.05) is 18.4 Å². The lowest BCUT2D eigenvalue weighted by atomic mass is 9.38. The van der Waals surface area contributed by atoms with Crippen LogP contribution in [0.4, 0.5) is 0 Å². The number of allylic oxidation sites excluding steroid dienone is 4. The van der Waals surface area contributed by atoms with Crippen molar-refractivity contribution >= 4 is 12.3 Å². The summed E-state index contributed by atoms with van der Waals surface area (Å²) in [6, 6.07) is 0. The van der Waals surface area contributed by atoms with Crippen molar-refractivity contribution in [2.45, 2.75) is 144 Å². The molecule has 10 unspecified atom stereocenters. The lowest BCUT2D eigenvalue weighted by Crippen LogP contribution is -2.60. The first-order valence-corrected chi connectivity index (χ1v) is 18.4. The van der Waals surface area contributed by atoms with Gasteiger partial charge < -0.3 is 19.0 Å². The van der Waals surface area contributed by atoms with Crippen molar-refractivity contribution in [2.24, 2.45) is 51.8 Å². The zero-order valence-electron chi connectivity index (χ0n) is 30.3. The van der Waals surface area contributed by atoms with Crippen LogP contribution in [-0.4, -0.2) is 39.2 Å². The number of methoxy groups -OCH3 is 2. The average Bonchev–Trinajstić information content (AvgIpc) is 3.01. The number of fused-ring (bicyclic) bond motifs is 5. The number of aldehydes is 1. The van der Waals surface area contributed by atoms with Crippen LogP contribution in [0.5, 0.6) is 0 Å². The molecule has 0 bridgehead atoms. The van der Waals surface area contributed by atoms with Crippen molar-refractivity contribution in [1.82, 2.24) is 0 Å². The molecule has 4 fully saturated rings. The molecule has 45 heavy (non-hydrogen) atoms. The Labute approximate surface area is 275 Å². The number of carbonyl (C=O) groups is 2. The summed E-state index contributed by atoms with van der Waals surface area (Å²) in [4.78, 5) is 24.1. The topological polar surface area (TPSA) is 61.8 Å². The van der Waals surface area contributed by atoms with Gasteiger partial charge in [-0.1, -0.05) is 38.8 Å². The van der Waals surface area contributed by atoms with Gasteiger partial charge in [0.05, 0.1) is 32.0 Å². The highest BCUT2D eigenvalue weighted by Crippen LogP contribution is 2.70. The van der Waals surface area contributed by atoms with E-state index in [2.05, 4.69) is 54.5 Å². The Kier molecular flexibility index (Phi) is 12.1. The number of rotatable bonds is 13. The molecule has 4 aliphatic carbocycles. The Morgan fingerprint density at radius 1 is 1.04 bits per heavy atom. The van der Waals surface area contributed by atoms with E-state index < -0.39 is 0 Å². The third kappa shape index (κ3) is 7.29. The molecule has 0 amide bonds. The lowest BCUT2D eigenvalue weighted by Gasteiger charge is -2.67. The molecule has 256 valence electrons. The van der Waals surface area contributed by atoms with Crippen LogP contribution in [0.2, 0.25) is 0 Å². The highest BCUT2D eigenvalue weighted by molar-refractivity contribution is 5.73. The summed E-state index contributed by atoms with van der Waals surface area (Å²) in [7, 11) is 3.30.